The summed E-state index contributed by atoms with van der Waals surface area (Å²) in [6.45, 7) is 0.537. The average Bonchev–Trinajstić information content (AvgIpc) is 3.22. The van der Waals surface area contributed by atoms with E-state index in [1.165, 1.54) is 0 Å². The number of ether oxygens (including phenoxy) is 2. The number of likely N-dealkylation sites (N-methyl/N-ethyl adjacent to an activating group) is 1. The van der Waals surface area contributed by atoms with Crippen molar-refractivity contribution in [3.8, 4) is 22.8 Å². The van der Waals surface area contributed by atoms with Crippen molar-refractivity contribution in [3.05, 3.63) is 65.9 Å². The molecular formula is C21H22N2O4. The van der Waals surface area contributed by atoms with Crippen LogP contribution in [0.25, 0.3) is 11.3 Å². The highest BCUT2D eigenvalue weighted by atomic mass is 16.5. The largest absolute Gasteiger partial charge is 0.493 e. The van der Waals surface area contributed by atoms with Crippen molar-refractivity contribution < 1.29 is 18.8 Å². The summed E-state index contributed by atoms with van der Waals surface area (Å²) in [5.41, 5.74) is 2.61. The predicted octanol–water partition coefficient (Wildman–Crippen LogP) is 3.67. The number of carbonyl (C=O) groups excluding carboxylic acids is 1. The van der Waals surface area contributed by atoms with Gasteiger partial charge in [-0.1, -0.05) is 41.6 Å². The van der Waals surface area contributed by atoms with Crippen molar-refractivity contribution in [2.75, 3.05) is 27.8 Å². The molecule has 0 saturated carbocycles. The summed E-state index contributed by atoms with van der Waals surface area (Å²) in [6.07, 6.45) is 0.683. The van der Waals surface area contributed by atoms with Crippen molar-refractivity contribution in [3.63, 3.8) is 0 Å². The summed E-state index contributed by atoms with van der Waals surface area (Å²) >= 11 is 0. The first-order valence-electron chi connectivity index (χ1n) is 8.61. The summed E-state index contributed by atoms with van der Waals surface area (Å²) in [5, 5.41) is 4.00. The molecular weight excluding hydrogens is 344 g/mol. The predicted molar refractivity (Wildman–Crippen MR) is 102 cm³/mol. The second kappa shape index (κ2) is 8.40. The van der Waals surface area contributed by atoms with Crippen molar-refractivity contribution in [1.29, 1.82) is 0 Å². The lowest BCUT2D eigenvalue weighted by atomic mass is 10.1. The second-order valence-corrected chi connectivity index (χ2v) is 6.11. The molecule has 27 heavy (non-hydrogen) atoms. The van der Waals surface area contributed by atoms with Crippen molar-refractivity contribution in [2.24, 2.45) is 0 Å². The third kappa shape index (κ3) is 4.28. The van der Waals surface area contributed by atoms with Crippen LogP contribution in [-0.2, 0) is 6.42 Å². The highest BCUT2D eigenvalue weighted by molar-refractivity contribution is 5.92. The zero-order valence-corrected chi connectivity index (χ0v) is 15.6. The van der Waals surface area contributed by atoms with E-state index in [0.717, 1.165) is 11.1 Å². The van der Waals surface area contributed by atoms with Crippen LogP contribution >= 0.6 is 0 Å². The van der Waals surface area contributed by atoms with E-state index in [4.69, 9.17) is 14.0 Å². The van der Waals surface area contributed by atoms with E-state index < -0.39 is 0 Å². The number of hydrogen-bond donors (Lipinski definition) is 0. The van der Waals surface area contributed by atoms with Crippen LogP contribution in [0.4, 0.5) is 0 Å². The average molecular weight is 366 g/mol. The molecule has 6 heteroatoms. The zero-order chi connectivity index (χ0) is 19.2. The number of rotatable bonds is 7. The molecule has 1 amide bonds. The molecule has 2 aromatic carbocycles. The van der Waals surface area contributed by atoms with Crippen LogP contribution in [0.5, 0.6) is 11.5 Å². The minimum absolute atomic E-state index is 0.204. The van der Waals surface area contributed by atoms with Gasteiger partial charge in [0.25, 0.3) is 5.91 Å². The molecule has 0 saturated heterocycles. The molecule has 0 aliphatic carbocycles. The Morgan fingerprint density at radius 1 is 1.04 bits per heavy atom. The normalized spacial score (nSPS) is 10.5. The Morgan fingerprint density at radius 2 is 1.78 bits per heavy atom. The van der Waals surface area contributed by atoms with Gasteiger partial charge in [-0.3, -0.25) is 4.79 Å². The number of carbonyl (C=O) groups is 1. The lowest BCUT2D eigenvalue weighted by Gasteiger charge is -2.16. The molecule has 0 spiro atoms. The number of aromatic nitrogens is 1. The van der Waals surface area contributed by atoms with Crippen molar-refractivity contribution in [1.82, 2.24) is 10.1 Å². The van der Waals surface area contributed by atoms with E-state index >= 15 is 0 Å². The molecule has 0 bridgehead atoms. The van der Waals surface area contributed by atoms with Crippen LogP contribution in [0.2, 0.25) is 0 Å². The standard InChI is InChI=1S/C21H22N2O4/c1-23(12-11-15-9-10-18(25-2)19(13-15)26-3)21(24)20-14-17(22-27-20)16-7-5-4-6-8-16/h4-10,13-14H,11-12H2,1-3H3. The fourth-order valence-electron chi connectivity index (χ4n) is 2.74. The summed E-state index contributed by atoms with van der Waals surface area (Å²) in [4.78, 5) is 14.2. The van der Waals surface area contributed by atoms with Crippen LogP contribution in [0, 0.1) is 0 Å². The van der Waals surface area contributed by atoms with Crippen LogP contribution < -0.4 is 9.47 Å². The van der Waals surface area contributed by atoms with Gasteiger partial charge in [-0.05, 0) is 24.1 Å². The van der Waals surface area contributed by atoms with Gasteiger partial charge < -0.3 is 18.9 Å². The summed E-state index contributed by atoms with van der Waals surface area (Å²) < 4.78 is 15.8. The third-order valence-corrected chi connectivity index (χ3v) is 4.32. The van der Waals surface area contributed by atoms with Crippen LogP contribution in [0.15, 0.2) is 59.1 Å². The minimum atomic E-state index is -0.204. The zero-order valence-electron chi connectivity index (χ0n) is 15.6. The van der Waals surface area contributed by atoms with Crippen molar-refractivity contribution >= 4 is 5.91 Å². The highest BCUT2D eigenvalue weighted by Gasteiger charge is 2.18. The monoisotopic (exact) mass is 366 g/mol. The quantitative estimate of drug-likeness (QED) is 0.638. The molecule has 6 nitrogen and oxygen atoms in total. The fraction of sp³-hybridized carbons (Fsp3) is 0.238. The van der Waals surface area contributed by atoms with Gasteiger partial charge in [-0.15, -0.1) is 0 Å². The number of amides is 1. The molecule has 0 N–H and O–H groups in total. The maximum atomic E-state index is 12.6. The van der Waals surface area contributed by atoms with Gasteiger partial charge in [0.2, 0.25) is 5.76 Å². The van der Waals surface area contributed by atoms with E-state index in [9.17, 15) is 4.79 Å². The van der Waals surface area contributed by atoms with Crippen LogP contribution in [0.1, 0.15) is 16.1 Å². The second-order valence-electron chi connectivity index (χ2n) is 6.11. The molecule has 3 aromatic rings. The first kappa shape index (κ1) is 18.5. The van der Waals surface area contributed by atoms with Crippen LogP contribution in [-0.4, -0.2) is 43.8 Å². The molecule has 0 fully saturated rings. The van der Waals surface area contributed by atoms with Gasteiger partial charge in [0, 0.05) is 25.2 Å². The molecule has 140 valence electrons. The molecule has 3 rings (SSSR count). The van der Waals surface area contributed by atoms with Gasteiger partial charge >= 0.3 is 0 Å². The summed E-state index contributed by atoms with van der Waals surface area (Å²) in [7, 11) is 4.95. The Hall–Kier alpha value is -3.28. The fourth-order valence-corrected chi connectivity index (χ4v) is 2.74. The van der Waals surface area contributed by atoms with Gasteiger partial charge in [0.15, 0.2) is 11.5 Å². The number of hydrogen-bond acceptors (Lipinski definition) is 5. The van der Waals surface area contributed by atoms with E-state index in [1.807, 2.05) is 48.5 Å². The minimum Gasteiger partial charge on any atom is -0.493 e. The topological polar surface area (TPSA) is 64.8 Å². The number of methoxy groups -OCH3 is 2. The summed E-state index contributed by atoms with van der Waals surface area (Å²) in [6, 6.07) is 17.0. The lowest BCUT2D eigenvalue weighted by Crippen LogP contribution is -2.28. The lowest BCUT2D eigenvalue weighted by molar-refractivity contribution is 0.0755. The SMILES string of the molecule is COc1ccc(CCN(C)C(=O)c2cc(-c3ccccc3)no2)cc1OC. The Morgan fingerprint density at radius 3 is 2.48 bits per heavy atom. The Balaban J connectivity index is 1.64. The molecule has 1 heterocycles. The first-order chi connectivity index (χ1) is 13.1. The molecule has 0 aliphatic heterocycles. The van der Waals surface area contributed by atoms with E-state index in [0.29, 0.717) is 30.2 Å². The Bertz CT molecular complexity index is 906. The molecule has 1 aromatic heterocycles. The third-order valence-electron chi connectivity index (χ3n) is 4.32. The Labute approximate surface area is 158 Å². The van der Waals surface area contributed by atoms with Gasteiger partial charge in [0.05, 0.1) is 14.2 Å². The summed E-state index contributed by atoms with van der Waals surface area (Å²) in [5.74, 6) is 1.38. The first-order valence-corrected chi connectivity index (χ1v) is 8.61. The van der Waals surface area contributed by atoms with Gasteiger partial charge in [-0.2, -0.15) is 0 Å². The Kier molecular flexibility index (Phi) is 5.76. The van der Waals surface area contributed by atoms with Crippen molar-refractivity contribution in [2.45, 2.75) is 6.42 Å². The highest BCUT2D eigenvalue weighted by Crippen LogP contribution is 2.27. The molecule has 0 aliphatic rings. The van der Waals surface area contributed by atoms with E-state index in [1.54, 1.807) is 32.2 Å². The van der Waals surface area contributed by atoms with E-state index in [-0.39, 0.29) is 11.7 Å². The molecule has 0 unspecified atom stereocenters. The maximum Gasteiger partial charge on any atom is 0.292 e. The molecule has 0 radical (unpaired) electrons. The van der Waals surface area contributed by atoms with E-state index in [2.05, 4.69) is 5.16 Å². The molecule has 0 atom stereocenters. The van der Waals surface area contributed by atoms with Crippen LogP contribution in [0.3, 0.4) is 0 Å². The number of nitrogens with zero attached hydrogens (tertiary/aromatic N) is 2. The smallest absolute Gasteiger partial charge is 0.292 e. The number of benzene rings is 2. The van der Waals surface area contributed by atoms with Gasteiger partial charge in [-0.25, -0.2) is 0 Å². The maximum absolute atomic E-state index is 12.6. The van der Waals surface area contributed by atoms with Gasteiger partial charge in [0.1, 0.15) is 5.69 Å².